The Morgan fingerprint density at radius 1 is 1.36 bits per heavy atom. The van der Waals surface area contributed by atoms with Crippen LogP contribution < -0.4 is 4.74 Å². The molecule has 0 spiro atoms. The lowest BCUT2D eigenvalue weighted by Gasteiger charge is -2.11. The molecule has 0 aliphatic carbocycles. The Morgan fingerprint density at radius 2 is 1.93 bits per heavy atom. The average Bonchev–Trinajstić information content (AvgIpc) is 2.19. The van der Waals surface area contributed by atoms with Crippen molar-refractivity contribution < 1.29 is 23.4 Å². The third kappa shape index (κ3) is 2.50. The van der Waals surface area contributed by atoms with Gasteiger partial charge in [-0.05, 0) is 12.1 Å². The number of rotatable bonds is 3. The van der Waals surface area contributed by atoms with Gasteiger partial charge in [-0.25, -0.2) is 4.79 Å². The Labute approximate surface area is 78.9 Å². The van der Waals surface area contributed by atoms with Crippen molar-refractivity contribution in [2.75, 3.05) is 6.61 Å². The van der Waals surface area contributed by atoms with E-state index in [2.05, 4.69) is 4.74 Å². The molecule has 0 aromatic heterocycles. The van der Waals surface area contributed by atoms with Crippen LogP contribution >= 0.6 is 0 Å². The molecule has 0 bridgehead atoms. The maximum Gasteiger partial charge on any atom is 0.384 e. The third-order valence-electron chi connectivity index (χ3n) is 1.45. The van der Waals surface area contributed by atoms with Gasteiger partial charge < -0.3 is 9.84 Å². The van der Waals surface area contributed by atoms with Crippen molar-refractivity contribution in [1.29, 1.82) is 0 Å². The van der Waals surface area contributed by atoms with E-state index in [1.807, 2.05) is 0 Å². The van der Waals surface area contributed by atoms with Gasteiger partial charge in [0.25, 0.3) is 0 Å². The molecule has 0 radical (unpaired) electrons. The fourth-order valence-corrected chi connectivity index (χ4v) is 0.735. The minimum absolute atomic E-state index is 0.0191. The van der Waals surface area contributed by atoms with E-state index in [0.29, 0.717) is 0 Å². The number of halogens is 2. The van der Waals surface area contributed by atoms with Gasteiger partial charge in [0.1, 0.15) is 12.4 Å². The molecular weight excluding hydrogens is 194 g/mol. The van der Waals surface area contributed by atoms with E-state index < -0.39 is 18.5 Å². The fourth-order valence-electron chi connectivity index (χ4n) is 0.735. The van der Waals surface area contributed by atoms with Crippen LogP contribution in [0.15, 0.2) is 30.3 Å². The minimum atomic E-state index is -3.85. The van der Waals surface area contributed by atoms with Gasteiger partial charge in [-0.3, -0.25) is 0 Å². The molecule has 0 fully saturated rings. The maximum absolute atomic E-state index is 12.5. The number of hydrogen-bond donors (Lipinski definition) is 1. The molecule has 0 unspecified atom stereocenters. The molecule has 0 amide bonds. The van der Waals surface area contributed by atoms with Crippen LogP contribution in [0, 0.1) is 0 Å². The highest BCUT2D eigenvalue weighted by atomic mass is 19.3. The predicted octanol–water partition coefficient (Wildman–Crippen LogP) is 1.22. The number of benzene rings is 1. The van der Waals surface area contributed by atoms with Crippen LogP contribution in [0.1, 0.15) is 0 Å². The van der Waals surface area contributed by atoms with Crippen molar-refractivity contribution in [3.63, 3.8) is 0 Å². The SMILES string of the molecule is O=C(Oc1ccccc1)C(F)(F)CO. The fraction of sp³-hybridized carbons (Fsp3) is 0.222. The molecule has 14 heavy (non-hydrogen) atoms. The van der Waals surface area contributed by atoms with Crippen molar-refractivity contribution in [2.45, 2.75) is 5.92 Å². The second kappa shape index (κ2) is 4.15. The summed E-state index contributed by atoms with van der Waals surface area (Å²) in [5.41, 5.74) is 0. The largest absolute Gasteiger partial charge is 0.422 e. The van der Waals surface area contributed by atoms with E-state index in [0.717, 1.165) is 0 Å². The van der Waals surface area contributed by atoms with Gasteiger partial charge in [0.2, 0.25) is 0 Å². The summed E-state index contributed by atoms with van der Waals surface area (Å²) >= 11 is 0. The van der Waals surface area contributed by atoms with E-state index in [9.17, 15) is 13.6 Å². The number of alkyl halides is 2. The molecule has 1 aromatic carbocycles. The lowest BCUT2D eigenvalue weighted by molar-refractivity contribution is -0.166. The van der Waals surface area contributed by atoms with Crippen LogP contribution in [0.25, 0.3) is 0 Å². The van der Waals surface area contributed by atoms with Crippen molar-refractivity contribution in [2.24, 2.45) is 0 Å². The molecule has 1 rings (SSSR count). The van der Waals surface area contributed by atoms with Crippen LogP contribution in [0.2, 0.25) is 0 Å². The summed E-state index contributed by atoms with van der Waals surface area (Å²) in [7, 11) is 0. The Bertz CT molecular complexity index is 311. The zero-order valence-corrected chi connectivity index (χ0v) is 7.11. The number of esters is 1. The highest BCUT2D eigenvalue weighted by Crippen LogP contribution is 2.17. The first-order valence-electron chi connectivity index (χ1n) is 3.82. The predicted molar refractivity (Wildman–Crippen MR) is 44.1 cm³/mol. The first-order chi connectivity index (χ1) is 6.56. The van der Waals surface area contributed by atoms with Crippen molar-refractivity contribution in [1.82, 2.24) is 0 Å². The van der Waals surface area contributed by atoms with E-state index in [-0.39, 0.29) is 5.75 Å². The summed E-state index contributed by atoms with van der Waals surface area (Å²) in [6.45, 7) is -1.56. The second-order valence-corrected chi connectivity index (χ2v) is 2.57. The highest BCUT2D eigenvalue weighted by Gasteiger charge is 2.40. The lowest BCUT2D eigenvalue weighted by Crippen LogP contribution is -2.36. The topological polar surface area (TPSA) is 46.5 Å². The zero-order chi connectivity index (χ0) is 10.6. The van der Waals surface area contributed by atoms with Gasteiger partial charge >= 0.3 is 11.9 Å². The molecule has 5 heteroatoms. The molecular formula is C9H8F2O3. The van der Waals surface area contributed by atoms with Gasteiger partial charge in [0.15, 0.2) is 0 Å². The third-order valence-corrected chi connectivity index (χ3v) is 1.45. The van der Waals surface area contributed by atoms with Gasteiger partial charge in [-0.15, -0.1) is 0 Å². The molecule has 0 aliphatic rings. The van der Waals surface area contributed by atoms with Crippen molar-refractivity contribution in [3.8, 4) is 5.75 Å². The summed E-state index contributed by atoms with van der Waals surface area (Å²) in [4.78, 5) is 10.7. The Morgan fingerprint density at radius 3 is 2.43 bits per heavy atom. The number of carbonyl (C=O) groups excluding carboxylic acids is 1. The van der Waals surface area contributed by atoms with Crippen LogP contribution in [-0.2, 0) is 4.79 Å². The number of aliphatic hydroxyl groups is 1. The van der Waals surface area contributed by atoms with Crippen LogP contribution in [-0.4, -0.2) is 23.6 Å². The van der Waals surface area contributed by atoms with Gasteiger partial charge in [-0.1, -0.05) is 18.2 Å². The molecule has 0 aliphatic heterocycles. The monoisotopic (exact) mass is 202 g/mol. The standard InChI is InChI=1S/C9H8F2O3/c10-9(11,6-12)8(13)14-7-4-2-1-3-5-7/h1-5,12H,6H2. The number of carbonyl (C=O) groups is 1. The van der Waals surface area contributed by atoms with E-state index in [1.54, 1.807) is 18.2 Å². The quantitative estimate of drug-likeness (QED) is 0.592. The van der Waals surface area contributed by atoms with Crippen LogP contribution in [0.4, 0.5) is 8.78 Å². The first kappa shape index (κ1) is 10.6. The van der Waals surface area contributed by atoms with E-state index in [4.69, 9.17) is 5.11 Å². The Kier molecular flexibility index (Phi) is 3.14. The molecule has 1 N–H and O–H groups in total. The van der Waals surface area contributed by atoms with Crippen molar-refractivity contribution in [3.05, 3.63) is 30.3 Å². The lowest BCUT2D eigenvalue weighted by atomic mass is 10.3. The van der Waals surface area contributed by atoms with Crippen LogP contribution in [0.5, 0.6) is 5.75 Å². The molecule has 0 saturated heterocycles. The van der Waals surface area contributed by atoms with Gasteiger partial charge in [-0.2, -0.15) is 8.78 Å². The summed E-state index contributed by atoms with van der Waals surface area (Å²) in [5.74, 6) is -5.59. The van der Waals surface area contributed by atoms with E-state index in [1.165, 1.54) is 12.1 Å². The number of aliphatic hydroxyl groups excluding tert-OH is 1. The number of ether oxygens (including phenoxy) is 1. The maximum atomic E-state index is 12.5. The smallest absolute Gasteiger partial charge is 0.384 e. The Balaban J connectivity index is 2.67. The van der Waals surface area contributed by atoms with Crippen LogP contribution in [0.3, 0.4) is 0 Å². The molecule has 0 atom stereocenters. The van der Waals surface area contributed by atoms with Gasteiger partial charge in [0, 0.05) is 0 Å². The number of para-hydroxylation sites is 1. The van der Waals surface area contributed by atoms with Crippen molar-refractivity contribution >= 4 is 5.97 Å². The summed E-state index contributed by atoms with van der Waals surface area (Å²) < 4.78 is 29.3. The molecule has 0 saturated carbocycles. The molecule has 1 aromatic rings. The highest BCUT2D eigenvalue weighted by molar-refractivity contribution is 5.79. The molecule has 0 heterocycles. The summed E-state index contributed by atoms with van der Waals surface area (Å²) in [6, 6.07) is 7.47. The Hall–Kier alpha value is -1.49. The zero-order valence-electron chi connectivity index (χ0n) is 7.11. The number of hydrogen-bond acceptors (Lipinski definition) is 3. The first-order valence-corrected chi connectivity index (χ1v) is 3.82. The second-order valence-electron chi connectivity index (χ2n) is 2.57. The summed E-state index contributed by atoms with van der Waals surface area (Å²) in [5, 5.41) is 8.19. The van der Waals surface area contributed by atoms with E-state index >= 15 is 0 Å². The molecule has 76 valence electrons. The average molecular weight is 202 g/mol. The minimum Gasteiger partial charge on any atom is -0.422 e. The molecule has 3 nitrogen and oxygen atoms in total. The van der Waals surface area contributed by atoms with Gasteiger partial charge in [0.05, 0.1) is 0 Å². The summed E-state index contributed by atoms with van der Waals surface area (Å²) in [6.07, 6.45) is 0. The normalized spacial score (nSPS) is 11.1.